The third kappa shape index (κ3) is 4.28. The molecule has 7 nitrogen and oxygen atoms in total. The second-order valence-corrected chi connectivity index (χ2v) is 11.6. The number of carbonyl (C=O) groups excluding carboxylic acids is 1. The zero-order valence-corrected chi connectivity index (χ0v) is 20.1. The molecule has 1 aromatic carbocycles. The Bertz CT molecular complexity index is 1300. The summed E-state index contributed by atoms with van der Waals surface area (Å²) < 4.78 is 26.1. The van der Waals surface area contributed by atoms with Gasteiger partial charge in [0.25, 0.3) is 5.91 Å². The van der Waals surface area contributed by atoms with E-state index in [0.29, 0.717) is 23.3 Å². The Morgan fingerprint density at radius 2 is 1.73 bits per heavy atom. The Balaban J connectivity index is 1.69. The molecule has 2 aliphatic heterocycles. The van der Waals surface area contributed by atoms with Gasteiger partial charge >= 0.3 is 0 Å². The predicted molar refractivity (Wildman–Crippen MR) is 129 cm³/mol. The van der Waals surface area contributed by atoms with Crippen molar-refractivity contribution in [3.8, 4) is 11.3 Å². The minimum absolute atomic E-state index is 0.0133. The maximum absolute atomic E-state index is 13.8. The second-order valence-electron chi connectivity index (χ2n) is 9.41. The molecule has 3 aromatic rings. The van der Waals surface area contributed by atoms with Crippen LogP contribution >= 0.6 is 0 Å². The lowest BCUT2D eigenvalue weighted by Gasteiger charge is -2.21. The molecule has 0 N–H and O–H groups in total. The molecule has 1 unspecified atom stereocenters. The summed E-state index contributed by atoms with van der Waals surface area (Å²) in [6.07, 6.45) is 4.85. The van der Waals surface area contributed by atoms with Gasteiger partial charge in [-0.25, -0.2) is 18.1 Å². The quantitative estimate of drug-likeness (QED) is 0.580. The molecule has 174 valence electrons. The number of pyridine rings is 1. The SMILES string of the molecule is Cc1ccc(-c2cc(C(=O)N3CCCCCC3)c3c(C)nn(C4CCS(=O)(=O)C4)c3n2)cc1. The zero-order valence-electron chi connectivity index (χ0n) is 19.2. The van der Waals surface area contributed by atoms with Crippen LogP contribution in [0.4, 0.5) is 0 Å². The highest BCUT2D eigenvalue weighted by Gasteiger charge is 2.33. The molecule has 0 spiro atoms. The molecule has 0 bridgehead atoms. The Labute approximate surface area is 194 Å². The highest BCUT2D eigenvalue weighted by Crippen LogP contribution is 2.33. The van der Waals surface area contributed by atoms with Crippen LogP contribution in [0.2, 0.25) is 0 Å². The number of hydrogen-bond acceptors (Lipinski definition) is 5. The van der Waals surface area contributed by atoms with E-state index in [1.165, 1.54) is 0 Å². The van der Waals surface area contributed by atoms with Gasteiger partial charge in [-0.2, -0.15) is 5.10 Å². The van der Waals surface area contributed by atoms with Crippen molar-refractivity contribution in [3.63, 3.8) is 0 Å². The summed E-state index contributed by atoms with van der Waals surface area (Å²) in [4.78, 5) is 20.6. The van der Waals surface area contributed by atoms with E-state index >= 15 is 0 Å². The molecule has 2 aromatic heterocycles. The average Bonchev–Trinajstić information content (AvgIpc) is 3.18. The van der Waals surface area contributed by atoms with Crippen LogP contribution in [0, 0.1) is 13.8 Å². The predicted octanol–water partition coefficient (Wildman–Crippen LogP) is 4.09. The van der Waals surface area contributed by atoms with Crippen molar-refractivity contribution < 1.29 is 13.2 Å². The standard InChI is InChI=1S/C25H30N4O3S/c1-17-7-9-19(10-8-17)22-15-21(25(30)28-12-5-3-4-6-13-28)23-18(2)27-29(24(23)26-22)20-11-14-33(31,32)16-20/h7-10,15,20H,3-6,11-14,16H2,1-2H3. The van der Waals surface area contributed by atoms with E-state index in [1.54, 1.807) is 4.68 Å². The van der Waals surface area contributed by atoms with Crippen LogP contribution in [0.25, 0.3) is 22.3 Å². The molecule has 0 radical (unpaired) electrons. The highest BCUT2D eigenvalue weighted by atomic mass is 32.2. The minimum Gasteiger partial charge on any atom is -0.339 e. The summed E-state index contributed by atoms with van der Waals surface area (Å²) in [5, 5.41) is 5.45. The Hall–Kier alpha value is -2.74. The van der Waals surface area contributed by atoms with Crippen molar-refractivity contribution >= 4 is 26.8 Å². The normalized spacial score (nSPS) is 20.8. The molecule has 2 aliphatic rings. The molecule has 8 heteroatoms. The van der Waals surface area contributed by atoms with Gasteiger partial charge in [-0.3, -0.25) is 4.79 Å². The zero-order chi connectivity index (χ0) is 23.2. The van der Waals surface area contributed by atoms with Crippen LogP contribution in [0.1, 0.15) is 59.8 Å². The van der Waals surface area contributed by atoms with Gasteiger partial charge in [0.1, 0.15) is 0 Å². The first-order valence-corrected chi connectivity index (χ1v) is 13.6. The maximum Gasteiger partial charge on any atom is 0.254 e. The largest absolute Gasteiger partial charge is 0.339 e. The van der Waals surface area contributed by atoms with E-state index in [9.17, 15) is 13.2 Å². The van der Waals surface area contributed by atoms with Crippen LogP contribution < -0.4 is 0 Å². The minimum atomic E-state index is -3.08. The summed E-state index contributed by atoms with van der Waals surface area (Å²) in [5.74, 6) is 0.240. The molecule has 33 heavy (non-hydrogen) atoms. The van der Waals surface area contributed by atoms with Crippen molar-refractivity contribution in [1.82, 2.24) is 19.7 Å². The van der Waals surface area contributed by atoms with Gasteiger partial charge in [-0.05, 0) is 39.2 Å². The molecule has 1 amide bonds. The van der Waals surface area contributed by atoms with Crippen LogP contribution in [-0.2, 0) is 9.84 Å². The number of hydrogen-bond donors (Lipinski definition) is 0. The Morgan fingerprint density at radius 1 is 1.03 bits per heavy atom. The highest BCUT2D eigenvalue weighted by molar-refractivity contribution is 7.91. The van der Waals surface area contributed by atoms with E-state index in [0.717, 1.165) is 61.0 Å². The van der Waals surface area contributed by atoms with Gasteiger partial charge in [-0.15, -0.1) is 0 Å². The van der Waals surface area contributed by atoms with E-state index in [2.05, 4.69) is 0 Å². The Kier molecular flexibility index (Phi) is 5.72. The average molecular weight is 467 g/mol. The van der Waals surface area contributed by atoms with Crippen molar-refractivity contribution in [3.05, 3.63) is 47.2 Å². The van der Waals surface area contributed by atoms with E-state index in [4.69, 9.17) is 10.1 Å². The fraction of sp³-hybridized carbons (Fsp3) is 0.480. The fourth-order valence-corrected chi connectivity index (χ4v) is 6.71. The molecule has 4 heterocycles. The summed E-state index contributed by atoms with van der Waals surface area (Å²) in [5.41, 5.74) is 4.72. The molecule has 2 fully saturated rings. The van der Waals surface area contributed by atoms with Gasteiger partial charge in [0.15, 0.2) is 15.5 Å². The fourth-order valence-electron chi connectivity index (χ4n) is 5.02. The van der Waals surface area contributed by atoms with E-state index in [-0.39, 0.29) is 23.5 Å². The second kappa shape index (κ2) is 8.56. The number of sulfone groups is 1. The lowest BCUT2D eigenvalue weighted by atomic mass is 10.0. The lowest BCUT2D eigenvalue weighted by Crippen LogP contribution is -2.32. The summed E-state index contributed by atoms with van der Waals surface area (Å²) >= 11 is 0. The first-order valence-electron chi connectivity index (χ1n) is 11.8. The number of aryl methyl sites for hydroxylation is 2. The first-order chi connectivity index (χ1) is 15.8. The van der Waals surface area contributed by atoms with E-state index in [1.807, 2.05) is 49.1 Å². The number of benzene rings is 1. The summed E-state index contributed by atoms with van der Waals surface area (Å²) in [6.45, 7) is 5.44. The molecule has 1 atom stereocenters. The number of nitrogens with zero attached hydrogens (tertiary/aromatic N) is 4. The monoisotopic (exact) mass is 466 g/mol. The number of rotatable bonds is 3. The van der Waals surface area contributed by atoms with Gasteiger partial charge in [0.05, 0.1) is 39.9 Å². The van der Waals surface area contributed by atoms with Crippen molar-refractivity contribution in [2.24, 2.45) is 0 Å². The lowest BCUT2D eigenvalue weighted by molar-refractivity contribution is 0.0763. The van der Waals surface area contributed by atoms with Crippen LogP contribution in [0.15, 0.2) is 30.3 Å². The molecule has 0 aliphatic carbocycles. The maximum atomic E-state index is 13.8. The topological polar surface area (TPSA) is 85.2 Å². The van der Waals surface area contributed by atoms with Crippen molar-refractivity contribution in [2.75, 3.05) is 24.6 Å². The number of aromatic nitrogens is 3. The van der Waals surface area contributed by atoms with E-state index < -0.39 is 9.84 Å². The van der Waals surface area contributed by atoms with Gasteiger partial charge in [0, 0.05) is 18.7 Å². The molecular weight excluding hydrogens is 436 g/mol. The van der Waals surface area contributed by atoms with Crippen LogP contribution in [0.5, 0.6) is 0 Å². The number of amides is 1. The molecule has 2 saturated heterocycles. The number of likely N-dealkylation sites (tertiary alicyclic amines) is 1. The van der Waals surface area contributed by atoms with Gasteiger partial charge in [-0.1, -0.05) is 42.7 Å². The third-order valence-corrected chi connectivity index (χ3v) is 8.61. The molecule has 5 rings (SSSR count). The molecule has 0 saturated carbocycles. The third-order valence-electron chi connectivity index (χ3n) is 6.86. The Morgan fingerprint density at radius 3 is 2.36 bits per heavy atom. The van der Waals surface area contributed by atoms with Crippen LogP contribution in [-0.4, -0.2) is 58.6 Å². The number of carbonyl (C=O) groups is 1. The summed E-state index contributed by atoms with van der Waals surface area (Å²) in [7, 11) is -3.08. The van der Waals surface area contributed by atoms with Gasteiger partial charge < -0.3 is 4.90 Å². The first kappa shape index (κ1) is 22.1. The van der Waals surface area contributed by atoms with Crippen molar-refractivity contribution in [2.45, 2.75) is 52.0 Å². The smallest absolute Gasteiger partial charge is 0.254 e. The molecular formula is C25H30N4O3S. The van der Waals surface area contributed by atoms with Crippen molar-refractivity contribution in [1.29, 1.82) is 0 Å². The number of fused-ring (bicyclic) bond motifs is 1. The van der Waals surface area contributed by atoms with Gasteiger partial charge in [0.2, 0.25) is 0 Å². The summed E-state index contributed by atoms with van der Waals surface area (Å²) in [6, 6.07) is 9.72. The van der Waals surface area contributed by atoms with Crippen LogP contribution in [0.3, 0.4) is 0 Å².